The van der Waals surface area contributed by atoms with E-state index in [2.05, 4.69) is 70.2 Å². The molecule has 3 saturated heterocycles. The van der Waals surface area contributed by atoms with Crippen LogP contribution in [-0.2, 0) is 4.79 Å². The summed E-state index contributed by atoms with van der Waals surface area (Å²) < 4.78 is 0. The third kappa shape index (κ3) is 8.31. The third-order valence-corrected chi connectivity index (χ3v) is 5.95. The van der Waals surface area contributed by atoms with Crippen LogP contribution in [-0.4, -0.2) is 86.5 Å². The molecule has 13 heteroatoms. The number of aliphatic imine (C=N–C) groups is 1. The number of nitrogens with zero attached hydrogens (tertiary/aromatic N) is 1. The second-order valence-electron chi connectivity index (χ2n) is 8.66. The first-order valence-corrected chi connectivity index (χ1v) is 12.1. The van der Waals surface area contributed by atoms with Crippen LogP contribution in [0.15, 0.2) is 29.3 Å². The van der Waals surface area contributed by atoms with Crippen LogP contribution in [0.1, 0.15) is 6.92 Å². The molecular formula is C21H34N10OS2. The van der Waals surface area contributed by atoms with Gasteiger partial charge in [0.15, 0.2) is 5.11 Å². The monoisotopic (exact) mass is 506 g/mol. The maximum atomic E-state index is 11.9. The molecular weight excluding hydrogens is 472 g/mol. The van der Waals surface area contributed by atoms with Crippen LogP contribution in [0, 0.1) is 0 Å². The minimum Gasteiger partial charge on any atom is -0.353 e. The van der Waals surface area contributed by atoms with Crippen LogP contribution in [0.5, 0.6) is 0 Å². The summed E-state index contributed by atoms with van der Waals surface area (Å²) in [5.41, 5.74) is 0.750. The molecule has 1 aromatic rings. The van der Waals surface area contributed by atoms with Gasteiger partial charge in [-0.3, -0.25) is 4.79 Å². The summed E-state index contributed by atoms with van der Waals surface area (Å²) in [7, 11) is 0. The van der Waals surface area contributed by atoms with Crippen LogP contribution in [0.2, 0.25) is 0 Å². The van der Waals surface area contributed by atoms with Crippen molar-refractivity contribution in [3.8, 4) is 0 Å². The Labute approximate surface area is 211 Å². The summed E-state index contributed by atoms with van der Waals surface area (Å²) in [6.07, 6.45) is 0. The third-order valence-electron chi connectivity index (χ3n) is 5.65. The molecule has 11 nitrogen and oxygen atoms in total. The van der Waals surface area contributed by atoms with E-state index in [4.69, 9.17) is 12.2 Å². The van der Waals surface area contributed by atoms with Crippen LogP contribution < -0.4 is 47.9 Å². The average Bonchev–Trinajstić information content (AvgIpc) is 2.77. The normalized spacial score (nSPS) is 26.3. The SMILES string of the molecule is CC(=O)NC12CNCNCC(NC(=S)Nc3ccc(N=C=S)cc3)(CNCNC1)CNCNC2. The van der Waals surface area contributed by atoms with E-state index in [1.54, 1.807) is 6.92 Å². The van der Waals surface area contributed by atoms with Gasteiger partial charge in [0.2, 0.25) is 5.91 Å². The molecule has 0 unspecified atom stereocenters. The molecule has 0 radical (unpaired) electrons. The fourth-order valence-electron chi connectivity index (χ4n) is 4.16. The number of carbonyl (C=O) groups excluding carboxylic acids is 1. The first kappa shape index (κ1) is 26.5. The second-order valence-corrected chi connectivity index (χ2v) is 9.25. The maximum absolute atomic E-state index is 11.9. The predicted octanol–water partition coefficient (Wildman–Crippen LogP) is -1.24. The summed E-state index contributed by atoms with van der Waals surface area (Å²) in [6, 6.07) is 7.49. The molecule has 4 rings (SSSR count). The Morgan fingerprint density at radius 1 is 0.853 bits per heavy atom. The number of rotatable bonds is 4. The topological polar surface area (TPSA) is 138 Å². The van der Waals surface area contributed by atoms with Crippen molar-refractivity contribution in [2.24, 2.45) is 4.99 Å². The number of amides is 1. The van der Waals surface area contributed by atoms with Gasteiger partial charge in [0.05, 0.1) is 21.9 Å². The Balaban J connectivity index is 1.70. The van der Waals surface area contributed by atoms with E-state index < -0.39 is 11.1 Å². The quantitative estimate of drug-likeness (QED) is 0.179. The van der Waals surface area contributed by atoms with Crippen molar-refractivity contribution in [3.05, 3.63) is 24.3 Å². The molecule has 2 bridgehead atoms. The lowest BCUT2D eigenvalue weighted by molar-refractivity contribution is -0.120. The van der Waals surface area contributed by atoms with Gasteiger partial charge in [0.25, 0.3) is 0 Å². The Morgan fingerprint density at radius 2 is 1.29 bits per heavy atom. The molecule has 1 aromatic carbocycles. The van der Waals surface area contributed by atoms with Crippen molar-refractivity contribution in [3.63, 3.8) is 0 Å². The lowest BCUT2D eigenvalue weighted by atomic mass is 9.97. The molecule has 0 spiro atoms. The summed E-state index contributed by atoms with van der Waals surface area (Å²) in [4.78, 5) is 15.8. The van der Waals surface area contributed by atoms with Gasteiger partial charge in [-0.1, -0.05) is 0 Å². The van der Waals surface area contributed by atoms with Crippen LogP contribution in [0.3, 0.4) is 0 Å². The Bertz CT molecular complexity index is 836. The maximum Gasteiger partial charge on any atom is 0.217 e. The van der Waals surface area contributed by atoms with E-state index in [-0.39, 0.29) is 5.91 Å². The van der Waals surface area contributed by atoms with Gasteiger partial charge in [-0.25, -0.2) is 0 Å². The number of carbonyl (C=O) groups is 1. The lowest BCUT2D eigenvalue weighted by Crippen LogP contribution is -2.70. The molecule has 0 saturated carbocycles. The molecule has 0 atom stereocenters. The number of anilines is 1. The lowest BCUT2D eigenvalue weighted by Gasteiger charge is -2.40. The van der Waals surface area contributed by atoms with Crippen molar-refractivity contribution in [1.29, 1.82) is 0 Å². The molecule has 9 N–H and O–H groups in total. The van der Waals surface area contributed by atoms with Gasteiger partial charge in [-0.2, -0.15) is 4.99 Å². The summed E-state index contributed by atoms with van der Waals surface area (Å²) in [5.74, 6) is -0.0521. The molecule has 0 aromatic heterocycles. The summed E-state index contributed by atoms with van der Waals surface area (Å²) in [5, 5.41) is 33.5. The van der Waals surface area contributed by atoms with Crippen molar-refractivity contribution < 1.29 is 4.79 Å². The highest BCUT2D eigenvalue weighted by Crippen LogP contribution is 2.16. The largest absolute Gasteiger partial charge is 0.353 e. The highest BCUT2D eigenvalue weighted by Gasteiger charge is 2.34. The molecule has 3 aliphatic rings. The van der Waals surface area contributed by atoms with Gasteiger partial charge in [-0.15, -0.1) is 0 Å². The van der Waals surface area contributed by atoms with Crippen LogP contribution >= 0.6 is 24.4 Å². The molecule has 34 heavy (non-hydrogen) atoms. The number of thiocarbonyl (C=S) groups is 2. The molecule has 3 heterocycles. The van der Waals surface area contributed by atoms with Gasteiger partial charge in [-0.05, 0) is 48.7 Å². The molecule has 3 fully saturated rings. The smallest absolute Gasteiger partial charge is 0.217 e. The van der Waals surface area contributed by atoms with Gasteiger partial charge >= 0.3 is 0 Å². The van der Waals surface area contributed by atoms with E-state index in [0.717, 1.165) is 11.4 Å². The standard InChI is InChI=1S/C21H34N10OS2/c1-16(32)30-20-6-22-12-25-9-21(10-26-13-23-7-20,11-27-14-24-8-20)31-19(34)29-18-4-2-17(3-5-18)28-15-33/h2-5,22-27H,6-14H2,1H3,(H,30,32)(H2,29,31,34). The van der Waals surface area contributed by atoms with Gasteiger partial charge in [0.1, 0.15) is 0 Å². The number of benzene rings is 1. The van der Waals surface area contributed by atoms with Crippen molar-refractivity contribution in [2.75, 3.05) is 64.6 Å². The predicted molar refractivity (Wildman–Crippen MR) is 142 cm³/mol. The highest BCUT2D eigenvalue weighted by atomic mass is 32.1. The molecule has 1 amide bonds. The summed E-state index contributed by atoms with van der Waals surface area (Å²) in [6.45, 7) is 7.11. The van der Waals surface area contributed by atoms with E-state index in [0.29, 0.717) is 64.4 Å². The fraction of sp³-hybridized carbons (Fsp3) is 0.571. The Morgan fingerprint density at radius 3 is 1.71 bits per heavy atom. The molecule has 0 aliphatic carbocycles. The van der Waals surface area contributed by atoms with Crippen molar-refractivity contribution in [2.45, 2.75) is 18.0 Å². The zero-order valence-electron chi connectivity index (χ0n) is 19.3. The van der Waals surface area contributed by atoms with Gasteiger partial charge in [0, 0.05) is 71.9 Å². The number of isothiocyanates is 1. The van der Waals surface area contributed by atoms with Crippen LogP contribution in [0.25, 0.3) is 0 Å². The second kappa shape index (κ2) is 13.1. The first-order chi connectivity index (χ1) is 16.4. The van der Waals surface area contributed by atoms with E-state index in [9.17, 15) is 4.79 Å². The first-order valence-electron chi connectivity index (χ1n) is 11.2. The Kier molecular flexibility index (Phi) is 10.3. The fourth-order valence-corrected chi connectivity index (χ4v) is 4.60. The van der Waals surface area contributed by atoms with Crippen molar-refractivity contribution >= 4 is 52.0 Å². The number of hydrogen-bond acceptors (Lipinski definition) is 10. The Hall–Kier alpha value is -2.06. The van der Waals surface area contributed by atoms with E-state index in [1.165, 1.54) is 0 Å². The molecule has 3 aliphatic heterocycles. The highest BCUT2D eigenvalue weighted by molar-refractivity contribution is 7.80. The van der Waals surface area contributed by atoms with Crippen LogP contribution in [0.4, 0.5) is 11.4 Å². The minimum atomic E-state index is -0.444. The number of nitrogens with one attached hydrogen (secondary N) is 9. The zero-order chi connectivity index (χ0) is 24.3. The van der Waals surface area contributed by atoms with E-state index >= 15 is 0 Å². The molecule has 186 valence electrons. The van der Waals surface area contributed by atoms with Crippen molar-refractivity contribution in [1.82, 2.24) is 42.5 Å². The van der Waals surface area contributed by atoms with Gasteiger partial charge < -0.3 is 47.9 Å². The van der Waals surface area contributed by atoms with E-state index in [1.807, 2.05) is 24.3 Å². The average molecular weight is 507 g/mol. The zero-order valence-corrected chi connectivity index (χ0v) is 21.0. The minimum absolute atomic E-state index is 0.0521. The number of hydrogen-bond donors (Lipinski definition) is 9. The summed E-state index contributed by atoms with van der Waals surface area (Å²) >= 11 is 10.3. The number of fused-ring (bicyclic) bond motifs is 12.